The highest BCUT2D eigenvalue weighted by Crippen LogP contribution is 2.30. The van der Waals surface area contributed by atoms with E-state index in [0.717, 1.165) is 17.1 Å². The predicted octanol–water partition coefficient (Wildman–Crippen LogP) is 5.43. The average molecular weight is 431 g/mol. The van der Waals surface area contributed by atoms with Gasteiger partial charge < -0.3 is 10.4 Å². The fourth-order valence-corrected chi connectivity index (χ4v) is 3.37. The Morgan fingerprint density at radius 1 is 1.31 bits per heavy atom. The number of nitrogens with one attached hydrogen (secondary N) is 1. The van der Waals surface area contributed by atoms with Crippen molar-refractivity contribution >= 4 is 46.2 Å². The first-order valence-electron chi connectivity index (χ1n) is 9.07. The van der Waals surface area contributed by atoms with Crippen LogP contribution in [-0.4, -0.2) is 27.5 Å². The summed E-state index contributed by atoms with van der Waals surface area (Å²) in [5.41, 5.74) is 1.48. The van der Waals surface area contributed by atoms with E-state index in [9.17, 15) is 14.3 Å². The number of nitrogens with zero attached hydrogens (tertiary/aromatic N) is 1. The zero-order valence-electron chi connectivity index (χ0n) is 15.8. The third-order valence-corrected chi connectivity index (χ3v) is 5.35. The Morgan fingerprint density at radius 3 is 2.79 bits per heavy atom. The molecular formula is C22H20ClFN2O2S. The number of rotatable bonds is 7. The Balaban J connectivity index is 1.84. The fraction of sp³-hybridized carbons (Fsp3) is 0.182. The van der Waals surface area contributed by atoms with Gasteiger partial charge in [-0.05, 0) is 41.1 Å². The number of aromatic nitrogens is 1. The molecule has 0 unspecified atom stereocenters. The van der Waals surface area contributed by atoms with Crippen molar-refractivity contribution in [2.75, 3.05) is 11.5 Å². The predicted molar refractivity (Wildman–Crippen MR) is 118 cm³/mol. The fourth-order valence-electron chi connectivity index (χ4n) is 2.78. The Kier molecular flexibility index (Phi) is 7.12. The number of aromatic hydroxyl groups is 1. The van der Waals surface area contributed by atoms with Gasteiger partial charge in [-0.1, -0.05) is 42.8 Å². The standard InChI is InChI=1S/C22H20ClFN2O2S/c1-2-29-9-3-4-15-10-17-20(19(24)11-15)25-13-18(21(17)27)22(28)26-12-14-5-7-16(23)8-6-14/h3-8,10-11,13H,2,9,12H2,1H3,(H,25,27)(H,26,28). The van der Waals surface area contributed by atoms with Gasteiger partial charge in [0.25, 0.3) is 5.91 Å². The first kappa shape index (κ1) is 21.1. The van der Waals surface area contributed by atoms with E-state index in [1.807, 2.05) is 6.08 Å². The molecule has 0 atom stereocenters. The average Bonchev–Trinajstić information content (AvgIpc) is 2.71. The molecule has 1 heterocycles. The summed E-state index contributed by atoms with van der Waals surface area (Å²) in [7, 11) is 0. The molecule has 0 aliphatic carbocycles. The summed E-state index contributed by atoms with van der Waals surface area (Å²) in [6.45, 7) is 2.33. The molecule has 0 fully saturated rings. The van der Waals surface area contributed by atoms with Gasteiger partial charge in [0.15, 0.2) is 0 Å². The smallest absolute Gasteiger partial charge is 0.256 e. The number of halogens is 2. The summed E-state index contributed by atoms with van der Waals surface area (Å²) in [6.07, 6.45) is 4.91. The molecule has 0 saturated heterocycles. The van der Waals surface area contributed by atoms with Crippen molar-refractivity contribution < 1.29 is 14.3 Å². The van der Waals surface area contributed by atoms with Crippen molar-refractivity contribution in [3.05, 3.63) is 76.2 Å². The molecule has 0 bridgehead atoms. The topological polar surface area (TPSA) is 62.2 Å². The lowest BCUT2D eigenvalue weighted by Gasteiger charge is -2.10. The lowest BCUT2D eigenvalue weighted by Crippen LogP contribution is -2.23. The van der Waals surface area contributed by atoms with Crippen molar-refractivity contribution in [2.24, 2.45) is 0 Å². The SMILES string of the molecule is CCSCC=Cc1cc(F)c2ncc(C(=O)NCc3ccc(Cl)cc3)c(O)c2c1. The van der Waals surface area contributed by atoms with E-state index >= 15 is 0 Å². The van der Waals surface area contributed by atoms with Crippen LogP contribution in [0.4, 0.5) is 4.39 Å². The highest BCUT2D eigenvalue weighted by atomic mass is 35.5. The highest BCUT2D eigenvalue weighted by molar-refractivity contribution is 7.99. The molecule has 0 radical (unpaired) electrons. The van der Waals surface area contributed by atoms with E-state index in [1.165, 1.54) is 12.3 Å². The molecular weight excluding hydrogens is 411 g/mol. The Bertz CT molecular complexity index is 1050. The maximum absolute atomic E-state index is 14.4. The van der Waals surface area contributed by atoms with Gasteiger partial charge in [-0.15, -0.1) is 0 Å². The number of thioether (sulfide) groups is 1. The van der Waals surface area contributed by atoms with Crippen LogP contribution in [-0.2, 0) is 6.54 Å². The number of hydrogen-bond acceptors (Lipinski definition) is 4. The molecule has 0 spiro atoms. The number of hydrogen-bond donors (Lipinski definition) is 2. The second-order valence-corrected chi connectivity index (χ2v) is 8.05. The van der Waals surface area contributed by atoms with Gasteiger partial charge in [-0.2, -0.15) is 11.8 Å². The Morgan fingerprint density at radius 2 is 2.07 bits per heavy atom. The normalized spacial score (nSPS) is 11.3. The summed E-state index contributed by atoms with van der Waals surface area (Å²) in [6, 6.07) is 10.0. The second kappa shape index (κ2) is 9.76. The van der Waals surface area contributed by atoms with E-state index < -0.39 is 11.7 Å². The third-order valence-electron chi connectivity index (χ3n) is 4.26. The number of carbonyl (C=O) groups excluding carboxylic acids is 1. The number of amides is 1. The minimum absolute atomic E-state index is 0.00599. The quantitative estimate of drug-likeness (QED) is 0.490. The minimum Gasteiger partial charge on any atom is -0.506 e. The highest BCUT2D eigenvalue weighted by Gasteiger charge is 2.17. The second-order valence-electron chi connectivity index (χ2n) is 6.29. The number of carbonyl (C=O) groups is 1. The van der Waals surface area contributed by atoms with E-state index in [1.54, 1.807) is 48.2 Å². The van der Waals surface area contributed by atoms with Crippen molar-refractivity contribution in [2.45, 2.75) is 13.5 Å². The molecule has 0 aliphatic heterocycles. The molecule has 7 heteroatoms. The van der Waals surface area contributed by atoms with Crippen molar-refractivity contribution in [3.8, 4) is 5.75 Å². The molecule has 2 aromatic carbocycles. The van der Waals surface area contributed by atoms with Gasteiger partial charge in [0, 0.05) is 28.9 Å². The summed E-state index contributed by atoms with van der Waals surface area (Å²) in [5, 5.41) is 14.1. The molecule has 29 heavy (non-hydrogen) atoms. The van der Waals surface area contributed by atoms with E-state index in [2.05, 4.69) is 17.2 Å². The molecule has 0 saturated carbocycles. The van der Waals surface area contributed by atoms with Crippen LogP contribution in [0.5, 0.6) is 5.75 Å². The number of pyridine rings is 1. The summed E-state index contributed by atoms with van der Waals surface area (Å²) in [4.78, 5) is 16.6. The van der Waals surface area contributed by atoms with Gasteiger partial charge in [0.2, 0.25) is 0 Å². The third kappa shape index (κ3) is 5.28. The van der Waals surface area contributed by atoms with E-state index in [4.69, 9.17) is 11.6 Å². The number of benzene rings is 2. The largest absolute Gasteiger partial charge is 0.506 e. The zero-order chi connectivity index (χ0) is 20.8. The van der Waals surface area contributed by atoms with Crippen molar-refractivity contribution in [3.63, 3.8) is 0 Å². The Labute approximate surface area is 177 Å². The molecule has 1 amide bonds. The molecule has 4 nitrogen and oxygen atoms in total. The molecule has 0 aliphatic rings. The van der Waals surface area contributed by atoms with Gasteiger partial charge in [-0.25, -0.2) is 4.39 Å². The maximum atomic E-state index is 14.4. The van der Waals surface area contributed by atoms with Crippen LogP contribution in [0.25, 0.3) is 17.0 Å². The van der Waals surface area contributed by atoms with Crippen LogP contribution in [0, 0.1) is 5.82 Å². The number of fused-ring (bicyclic) bond motifs is 1. The summed E-state index contributed by atoms with van der Waals surface area (Å²) >= 11 is 7.60. The summed E-state index contributed by atoms with van der Waals surface area (Å²) < 4.78 is 14.4. The van der Waals surface area contributed by atoms with Crippen LogP contribution < -0.4 is 5.32 Å². The lowest BCUT2D eigenvalue weighted by atomic mass is 10.1. The Hall–Kier alpha value is -2.57. The molecule has 1 aromatic heterocycles. The van der Waals surface area contributed by atoms with Crippen molar-refractivity contribution in [1.29, 1.82) is 0 Å². The van der Waals surface area contributed by atoms with Crippen LogP contribution in [0.3, 0.4) is 0 Å². The maximum Gasteiger partial charge on any atom is 0.256 e. The first-order valence-corrected chi connectivity index (χ1v) is 10.6. The molecule has 2 N–H and O–H groups in total. The van der Waals surface area contributed by atoms with Crippen molar-refractivity contribution in [1.82, 2.24) is 10.3 Å². The van der Waals surface area contributed by atoms with Crippen LogP contribution in [0.2, 0.25) is 5.02 Å². The summed E-state index contributed by atoms with van der Waals surface area (Å²) in [5.74, 6) is 0.477. The minimum atomic E-state index is -0.547. The first-order chi connectivity index (χ1) is 14.0. The van der Waals surface area contributed by atoms with Gasteiger partial charge >= 0.3 is 0 Å². The van der Waals surface area contributed by atoms with Gasteiger partial charge in [0.05, 0.1) is 0 Å². The van der Waals surface area contributed by atoms with Crippen LogP contribution in [0.1, 0.15) is 28.4 Å². The zero-order valence-corrected chi connectivity index (χ0v) is 17.4. The lowest BCUT2D eigenvalue weighted by molar-refractivity contribution is 0.0948. The van der Waals surface area contributed by atoms with Gasteiger partial charge in [-0.3, -0.25) is 9.78 Å². The molecule has 3 rings (SSSR count). The van der Waals surface area contributed by atoms with E-state index in [0.29, 0.717) is 10.6 Å². The molecule has 150 valence electrons. The molecule has 3 aromatic rings. The van der Waals surface area contributed by atoms with Crippen LogP contribution in [0.15, 0.2) is 48.7 Å². The monoisotopic (exact) mass is 430 g/mol. The van der Waals surface area contributed by atoms with Gasteiger partial charge in [0.1, 0.15) is 22.6 Å². The van der Waals surface area contributed by atoms with Crippen LogP contribution >= 0.6 is 23.4 Å². The van der Waals surface area contributed by atoms with E-state index in [-0.39, 0.29) is 28.8 Å².